The van der Waals surface area contributed by atoms with Crippen LogP contribution < -0.4 is 0 Å². The van der Waals surface area contributed by atoms with Crippen molar-refractivity contribution in [3.8, 4) is 5.88 Å². The predicted octanol–water partition coefficient (Wildman–Crippen LogP) is 4.99. The first kappa shape index (κ1) is 14.9. The minimum Gasteiger partial charge on any atom is -0.493 e. The molecule has 0 aliphatic heterocycles. The minimum absolute atomic E-state index is 0.0455. The normalized spacial score (nSPS) is 11.4. The average molecular weight is 335 g/mol. The van der Waals surface area contributed by atoms with E-state index in [4.69, 9.17) is 11.6 Å². The molecule has 3 rings (SSSR count). The van der Waals surface area contributed by atoms with Crippen LogP contribution in [-0.2, 0) is 0 Å². The molecule has 0 spiro atoms. The summed E-state index contributed by atoms with van der Waals surface area (Å²) in [4.78, 5) is 12.9. The average Bonchev–Trinajstić information content (AvgIpc) is 2.83. The molecule has 0 fully saturated rings. The van der Waals surface area contributed by atoms with E-state index in [1.54, 1.807) is 0 Å². The third-order valence-electron chi connectivity index (χ3n) is 3.12. The van der Waals surface area contributed by atoms with E-state index in [-0.39, 0.29) is 28.0 Å². The lowest BCUT2D eigenvalue weighted by molar-refractivity contribution is -0.384. The molecule has 0 amide bonds. The molecular weight excluding hydrogens is 327 g/mol. The first-order valence-electron chi connectivity index (χ1n) is 6.31. The Hall–Kier alpha value is -3.00. The van der Waals surface area contributed by atoms with E-state index < -0.39 is 10.7 Å². The molecule has 0 saturated heterocycles. The Morgan fingerprint density at radius 1 is 1.22 bits per heavy atom. The Morgan fingerprint density at radius 2 is 2.00 bits per heavy atom. The van der Waals surface area contributed by atoms with Gasteiger partial charge in [0.15, 0.2) is 5.69 Å². The number of hydrogen-bond donors (Lipinski definition) is 2. The van der Waals surface area contributed by atoms with Crippen LogP contribution in [0.2, 0.25) is 5.02 Å². The summed E-state index contributed by atoms with van der Waals surface area (Å²) in [6.45, 7) is 0. The van der Waals surface area contributed by atoms with Crippen molar-refractivity contribution in [2.24, 2.45) is 10.2 Å². The molecule has 116 valence electrons. The van der Waals surface area contributed by atoms with Gasteiger partial charge in [0.25, 0.3) is 5.69 Å². The molecule has 0 aliphatic carbocycles. The van der Waals surface area contributed by atoms with Crippen LogP contribution in [0.4, 0.5) is 21.5 Å². The van der Waals surface area contributed by atoms with Gasteiger partial charge in [-0.2, -0.15) is 5.11 Å². The van der Waals surface area contributed by atoms with Crippen LogP contribution in [0.15, 0.2) is 46.6 Å². The summed E-state index contributed by atoms with van der Waals surface area (Å²) in [6.07, 6.45) is 0. The van der Waals surface area contributed by atoms with Gasteiger partial charge in [0.1, 0.15) is 5.82 Å². The van der Waals surface area contributed by atoms with Crippen LogP contribution in [-0.4, -0.2) is 15.0 Å². The number of halogens is 2. The smallest absolute Gasteiger partial charge is 0.270 e. The number of nitrogens with zero attached hydrogens (tertiary/aromatic N) is 3. The number of aromatic amines is 1. The fourth-order valence-corrected chi connectivity index (χ4v) is 2.20. The van der Waals surface area contributed by atoms with Gasteiger partial charge in [0.05, 0.1) is 21.2 Å². The van der Waals surface area contributed by atoms with Crippen molar-refractivity contribution in [2.75, 3.05) is 0 Å². The summed E-state index contributed by atoms with van der Waals surface area (Å²) in [6, 6.07) is 7.81. The number of hydrogen-bond acceptors (Lipinski definition) is 5. The van der Waals surface area contributed by atoms with Crippen LogP contribution in [0.1, 0.15) is 0 Å². The van der Waals surface area contributed by atoms with E-state index in [9.17, 15) is 19.6 Å². The van der Waals surface area contributed by atoms with Crippen molar-refractivity contribution < 1.29 is 14.4 Å². The summed E-state index contributed by atoms with van der Waals surface area (Å²) < 4.78 is 13.1. The van der Waals surface area contributed by atoms with Gasteiger partial charge < -0.3 is 10.1 Å². The zero-order valence-electron chi connectivity index (χ0n) is 11.3. The van der Waals surface area contributed by atoms with Crippen LogP contribution in [0.5, 0.6) is 5.88 Å². The summed E-state index contributed by atoms with van der Waals surface area (Å²) >= 11 is 5.65. The maximum Gasteiger partial charge on any atom is 0.270 e. The third-order valence-corrected chi connectivity index (χ3v) is 3.40. The molecule has 2 N–H and O–H groups in total. The van der Waals surface area contributed by atoms with Gasteiger partial charge in [-0.05, 0) is 24.3 Å². The van der Waals surface area contributed by atoms with Crippen molar-refractivity contribution in [1.29, 1.82) is 0 Å². The first-order valence-corrected chi connectivity index (χ1v) is 6.69. The van der Waals surface area contributed by atoms with E-state index in [1.165, 1.54) is 30.3 Å². The molecule has 1 aromatic heterocycles. The number of azo groups is 1. The number of aromatic hydroxyl groups is 1. The van der Waals surface area contributed by atoms with Crippen molar-refractivity contribution in [3.05, 3.63) is 57.4 Å². The molecule has 7 nitrogen and oxygen atoms in total. The molecule has 0 saturated carbocycles. The number of nitrogens with one attached hydrogen (secondary N) is 1. The fraction of sp³-hybridized carbons (Fsp3) is 0. The lowest BCUT2D eigenvalue weighted by Crippen LogP contribution is -1.86. The van der Waals surface area contributed by atoms with Gasteiger partial charge in [-0.3, -0.25) is 10.1 Å². The van der Waals surface area contributed by atoms with Crippen molar-refractivity contribution in [3.63, 3.8) is 0 Å². The SMILES string of the molecule is O=[N+]([O-])c1ccc2[nH]c(O)c(N=Nc3ccc(F)c(Cl)c3)c2c1. The molecule has 9 heteroatoms. The standard InChI is InChI=1S/C14H8ClFN4O3/c15-10-5-7(1-3-11(10)16)18-19-13-9-6-8(20(22)23)2-4-12(9)17-14(13)21/h1-6,17,21H. The van der Waals surface area contributed by atoms with E-state index in [2.05, 4.69) is 15.2 Å². The lowest BCUT2D eigenvalue weighted by Gasteiger charge is -1.96. The maximum absolute atomic E-state index is 13.1. The van der Waals surface area contributed by atoms with E-state index >= 15 is 0 Å². The summed E-state index contributed by atoms with van der Waals surface area (Å²) in [5.74, 6) is -0.867. The quantitative estimate of drug-likeness (QED) is 0.400. The number of H-pyrrole nitrogens is 1. The molecule has 0 unspecified atom stereocenters. The summed E-state index contributed by atoms with van der Waals surface area (Å²) in [5.41, 5.74) is 0.650. The van der Waals surface area contributed by atoms with Gasteiger partial charge in [-0.1, -0.05) is 11.6 Å². The second kappa shape index (κ2) is 5.65. The monoisotopic (exact) mass is 334 g/mol. The zero-order chi connectivity index (χ0) is 16.6. The zero-order valence-corrected chi connectivity index (χ0v) is 12.1. The summed E-state index contributed by atoms with van der Waals surface area (Å²) in [7, 11) is 0. The van der Waals surface area contributed by atoms with Gasteiger partial charge in [0, 0.05) is 17.5 Å². The number of non-ortho nitro benzene ring substituents is 1. The molecule has 1 heterocycles. The number of nitro benzene ring substituents is 1. The van der Waals surface area contributed by atoms with Crippen LogP contribution in [0.3, 0.4) is 0 Å². The maximum atomic E-state index is 13.1. The van der Waals surface area contributed by atoms with Crippen molar-refractivity contribution in [2.45, 2.75) is 0 Å². The van der Waals surface area contributed by atoms with Gasteiger partial charge in [-0.15, -0.1) is 5.11 Å². The second-order valence-corrected chi connectivity index (χ2v) is 5.01. The van der Waals surface area contributed by atoms with E-state index in [0.717, 1.165) is 6.07 Å². The minimum atomic E-state index is -0.587. The molecule has 0 bridgehead atoms. The van der Waals surface area contributed by atoms with Crippen molar-refractivity contribution >= 4 is 39.6 Å². The van der Waals surface area contributed by atoms with Gasteiger partial charge >= 0.3 is 0 Å². The largest absolute Gasteiger partial charge is 0.493 e. The molecular formula is C14H8ClFN4O3. The second-order valence-electron chi connectivity index (χ2n) is 4.61. The topological polar surface area (TPSA) is 104 Å². The number of rotatable bonds is 3. The highest BCUT2D eigenvalue weighted by atomic mass is 35.5. The fourth-order valence-electron chi connectivity index (χ4n) is 2.02. The number of aromatic nitrogens is 1. The van der Waals surface area contributed by atoms with Crippen LogP contribution >= 0.6 is 11.6 Å². The highest BCUT2D eigenvalue weighted by molar-refractivity contribution is 6.31. The number of fused-ring (bicyclic) bond motifs is 1. The summed E-state index contributed by atoms with van der Waals surface area (Å²) in [5, 5.41) is 28.7. The van der Waals surface area contributed by atoms with E-state index in [0.29, 0.717) is 10.9 Å². The van der Waals surface area contributed by atoms with Gasteiger partial charge in [-0.25, -0.2) is 4.39 Å². The molecule has 23 heavy (non-hydrogen) atoms. The Morgan fingerprint density at radius 3 is 2.70 bits per heavy atom. The highest BCUT2D eigenvalue weighted by Crippen LogP contribution is 2.38. The van der Waals surface area contributed by atoms with Crippen molar-refractivity contribution in [1.82, 2.24) is 4.98 Å². The molecule has 0 atom stereocenters. The van der Waals surface area contributed by atoms with E-state index in [1.807, 2.05) is 0 Å². The Bertz CT molecular complexity index is 955. The molecule has 0 aliphatic rings. The Balaban J connectivity index is 2.06. The van der Waals surface area contributed by atoms with Gasteiger partial charge in [0.2, 0.25) is 5.88 Å². The highest BCUT2D eigenvalue weighted by Gasteiger charge is 2.15. The molecule has 0 radical (unpaired) electrons. The molecule has 3 aromatic rings. The third kappa shape index (κ3) is 2.84. The number of benzene rings is 2. The first-order chi connectivity index (χ1) is 11.0. The Labute approximate surface area is 133 Å². The van der Waals surface area contributed by atoms with Crippen LogP contribution in [0.25, 0.3) is 10.9 Å². The molecule has 2 aromatic carbocycles. The number of nitro groups is 1. The Kier molecular flexibility index (Phi) is 3.67. The van der Waals surface area contributed by atoms with Crippen LogP contribution in [0, 0.1) is 15.9 Å². The lowest BCUT2D eigenvalue weighted by atomic mass is 10.2. The predicted molar refractivity (Wildman–Crippen MR) is 82.2 cm³/mol.